The molecule has 17 heavy (non-hydrogen) atoms. The zero-order chi connectivity index (χ0) is 12.3. The van der Waals surface area contributed by atoms with Crippen LogP contribution < -0.4 is 11.3 Å². The molecule has 0 aliphatic heterocycles. The minimum atomic E-state index is 0.431. The monoisotopic (exact) mass is 232 g/mol. The highest BCUT2D eigenvalue weighted by Gasteiger charge is 2.22. The van der Waals surface area contributed by atoms with Crippen molar-refractivity contribution in [3.05, 3.63) is 34.9 Å². The van der Waals surface area contributed by atoms with Crippen LogP contribution in [0, 0.1) is 19.8 Å². The summed E-state index contributed by atoms with van der Waals surface area (Å²) >= 11 is 0. The van der Waals surface area contributed by atoms with Crippen molar-refractivity contribution in [2.45, 2.75) is 52.0 Å². The van der Waals surface area contributed by atoms with Crippen LogP contribution in [0.5, 0.6) is 0 Å². The molecule has 2 nitrogen and oxygen atoms in total. The van der Waals surface area contributed by atoms with Crippen molar-refractivity contribution in [2.75, 3.05) is 0 Å². The van der Waals surface area contributed by atoms with Crippen molar-refractivity contribution >= 4 is 0 Å². The lowest BCUT2D eigenvalue weighted by atomic mass is 9.79. The molecule has 1 aromatic rings. The van der Waals surface area contributed by atoms with E-state index < -0.39 is 0 Å². The lowest BCUT2D eigenvalue weighted by Crippen LogP contribution is -2.39. The van der Waals surface area contributed by atoms with Crippen LogP contribution in [-0.2, 0) is 6.42 Å². The Balaban J connectivity index is 2.01. The highest BCUT2D eigenvalue weighted by atomic mass is 15.2. The number of rotatable bonds is 5. The summed E-state index contributed by atoms with van der Waals surface area (Å²) in [5.41, 5.74) is 7.25. The van der Waals surface area contributed by atoms with Crippen LogP contribution in [0.3, 0.4) is 0 Å². The molecule has 0 amide bonds. The van der Waals surface area contributed by atoms with Gasteiger partial charge in [-0.1, -0.05) is 37.5 Å². The number of hydrogen-bond acceptors (Lipinski definition) is 2. The number of aryl methyl sites for hydroxylation is 2. The van der Waals surface area contributed by atoms with Gasteiger partial charge in [0.05, 0.1) is 0 Å². The quantitative estimate of drug-likeness (QED) is 0.605. The molecular formula is C15H24N2. The molecule has 1 aliphatic rings. The molecule has 1 unspecified atom stereocenters. The third-order valence-corrected chi connectivity index (χ3v) is 4.17. The van der Waals surface area contributed by atoms with E-state index in [4.69, 9.17) is 5.84 Å². The maximum absolute atomic E-state index is 5.70. The Bertz CT molecular complexity index is 349. The summed E-state index contributed by atoms with van der Waals surface area (Å²) in [6, 6.07) is 6.95. The second kappa shape index (κ2) is 5.65. The van der Waals surface area contributed by atoms with Crippen molar-refractivity contribution in [2.24, 2.45) is 11.8 Å². The van der Waals surface area contributed by atoms with Crippen molar-refractivity contribution in [3.8, 4) is 0 Å². The first-order valence-electron chi connectivity index (χ1n) is 6.72. The Morgan fingerprint density at radius 1 is 1.29 bits per heavy atom. The largest absolute Gasteiger partial charge is 0.271 e. The Morgan fingerprint density at radius 3 is 2.41 bits per heavy atom. The van der Waals surface area contributed by atoms with Gasteiger partial charge in [0.15, 0.2) is 0 Å². The maximum Gasteiger partial charge on any atom is 0.0253 e. The van der Waals surface area contributed by atoms with Crippen molar-refractivity contribution < 1.29 is 0 Å². The summed E-state index contributed by atoms with van der Waals surface area (Å²) in [6.07, 6.45) is 6.48. The molecular weight excluding hydrogens is 208 g/mol. The number of nitrogens with two attached hydrogens (primary N) is 1. The first kappa shape index (κ1) is 12.6. The first-order chi connectivity index (χ1) is 8.20. The summed E-state index contributed by atoms with van der Waals surface area (Å²) in [5.74, 6) is 6.60. The standard InChI is InChI=1S/C15H24N2/c1-11-5-3-6-12(2)15(11)10-14(17-16)9-13-7-4-8-13/h3,5-6,13-14,17H,4,7-10,16H2,1-2H3. The Morgan fingerprint density at radius 2 is 1.94 bits per heavy atom. The van der Waals surface area contributed by atoms with Gasteiger partial charge in [-0.3, -0.25) is 11.3 Å². The molecule has 1 aliphatic carbocycles. The van der Waals surface area contributed by atoms with Crippen molar-refractivity contribution in [1.82, 2.24) is 5.43 Å². The molecule has 0 bridgehead atoms. The third kappa shape index (κ3) is 3.08. The zero-order valence-electron chi connectivity index (χ0n) is 11.0. The van der Waals surface area contributed by atoms with E-state index >= 15 is 0 Å². The SMILES string of the molecule is Cc1cccc(C)c1CC(CC1CCC1)NN. The van der Waals surface area contributed by atoms with Crippen LogP contribution in [0.4, 0.5) is 0 Å². The molecule has 0 aromatic heterocycles. The highest BCUT2D eigenvalue weighted by Crippen LogP contribution is 2.31. The third-order valence-electron chi connectivity index (χ3n) is 4.17. The minimum Gasteiger partial charge on any atom is -0.271 e. The number of hydrogen-bond donors (Lipinski definition) is 2. The summed E-state index contributed by atoms with van der Waals surface area (Å²) in [4.78, 5) is 0. The molecule has 2 rings (SSSR count). The molecule has 0 radical (unpaired) electrons. The number of benzene rings is 1. The Kier molecular flexibility index (Phi) is 4.19. The fourth-order valence-corrected chi connectivity index (χ4v) is 2.76. The van der Waals surface area contributed by atoms with Gasteiger partial charge in [0.1, 0.15) is 0 Å². The molecule has 1 aromatic carbocycles. The van der Waals surface area contributed by atoms with E-state index in [1.807, 2.05) is 0 Å². The van der Waals surface area contributed by atoms with E-state index in [1.54, 1.807) is 0 Å². The molecule has 1 atom stereocenters. The predicted octanol–water partition coefficient (Wildman–Crippen LogP) is 2.87. The van der Waals surface area contributed by atoms with Gasteiger partial charge in [-0.05, 0) is 49.3 Å². The number of nitrogens with one attached hydrogen (secondary N) is 1. The van der Waals surface area contributed by atoms with Crippen molar-refractivity contribution in [1.29, 1.82) is 0 Å². The molecule has 3 N–H and O–H groups in total. The van der Waals surface area contributed by atoms with Crippen LogP contribution in [0.25, 0.3) is 0 Å². The summed E-state index contributed by atoms with van der Waals surface area (Å²) in [7, 11) is 0. The van der Waals surface area contributed by atoms with Crippen LogP contribution >= 0.6 is 0 Å². The van der Waals surface area contributed by atoms with Gasteiger partial charge in [0.2, 0.25) is 0 Å². The van der Waals surface area contributed by atoms with Gasteiger partial charge in [0.25, 0.3) is 0 Å². The van der Waals surface area contributed by atoms with E-state index in [-0.39, 0.29) is 0 Å². The van der Waals surface area contributed by atoms with Gasteiger partial charge < -0.3 is 0 Å². The van der Waals surface area contributed by atoms with E-state index in [9.17, 15) is 0 Å². The lowest BCUT2D eigenvalue weighted by molar-refractivity contribution is 0.259. The molecule has 2 heteroatoms. The van der Waals surface area contributed by atoms with Crippen LogP contribution in [0.15, 0.2) is 18.2 Å². The summed E-state index contributed by atoms with van der Waals surface area (Å²) < 4.78 is 0. The fraction of sp³-hybridized carbons (Fsp3) is 0.600. The topological polar surface area (TPSA) is 38.0 Å². The molecule has 1 fully saturated rings. The minimum absolute atomic E-state index is 0.431. The van der Waals surface area contributed by atoms with E-state index in [0.717, 1.165) is 12.3 Å². The van der Waals surface area contributed by atoms with E-state index in [2.05, 4.69) is 37.5 Å². The predicted molar refractivity (Wildman–Crippen MR) is 72.7 cm³/mol. The van der Waals surface area contributed by atoms with Crippen LogP contribution in [-0.4, -0.2) is 6.04 Å². The maximum atomic E-state index is 5.70. The average molecular weight is 232 g/mol. The fourth-order valence-electron chi connectivity index (χ4n) is 2.76. The van der Waals surface area contributed by atoms with E-state index in [0.29, 0.717) is 6.04 Å². The van der Waals surface area contributed by atoms with Crippen LogP contribution in [0.1, 0.15) is 42.4 Å². The van der Waals surface area contributed by atoms with Crippen LogP contribution in [0.2, 0.25) is 0 Å². The Labute approximate surface area is 105 Å². The van der Waals surface area contributed by atoms with E-state index in [1.165, 1.54) is 42.4 Å². The zero-order valence-corrected chi connectivity index (χ0v) is 11.0. The number of hydrazine groups is 1. The summed E-state index contributed by atoms with van der Waals surface area (Å²) in [5, 5.41) is 0. The highest BCUT2D eigenvalue weighted by molar-refractivity contribution is 5.34. The van der Waals surface area contributed by atoms with Gasteiger partial charge in [0, 0.05) is 6.04 Å². The molecule has 94 valence electrons. The van der Waals surface area contributed by atoms with Gasteiger partial charge in [-0.15, -0.1) is 0 Å². The molecule has 0 spiro atoms. The molecule has 1 saturated carbocycles. The van der Waals surface area contributed by atoms with Gasteiger partial charge >= 0.3 is 0 Å². The van der Waals surface area contributed by atoms with Gasteiger partial charge in [-0.25, -0.2) is 0 Å². The second-order valence-electron chi connectivity index (χ2n) is 5.47. The first-order valence-corrected chi connectivity index (χ1v) is 6.72. The van der Waals surface area contributed by atoms with Gasteiger partial charge in [-0.2, -0.15) is 0 Å². The summed E-state index contributed by atoms with van der Waals surface area (Å²) in [6.45, 7) is 4.39. The Hall–Kier alpha value is -0.860. The molecule has 0 heterocycles. The smallest absolute Gasteiger partial charge is 0.0253 e. The van der Waals surface area contributed by atoms with Crippen molar-refractivity contribution in [3.63, 3.8) is 0 Å². The normalized spacial score (nSPS) is 17.8. The second-order valence-corrected chi connectivity index (χ2v) is 5.47. The average Bonchev–Trinajstić information content (AvgIpc) is 2.25. The molecule has 0 saturated heterocycles. The lowest BCUT2D eigenvalue weighted by Gasteiger charge is -2.30.